The maximum Gasteiger partial charge on any atom is 0.248 e. The van der Waals surface area contributed by atoms with Crippen LogP contribution in [-0.4, -0.2) is 49.1 Å². The Labute approximate surface area is 137 Å². The minimum Gasteiger partial charge on any atom is -0.377 e. The fourth-order valence-electron chi connectivity index (χ4n) is 2.70. The average Bonchev–Trinajstić information content (AvgIpc) is 2.53. The highest BCUT2D eigenvalue weighted by molar-refractivity contribution is 5.95. The number of piperidine rings is 1. The number of hydrogen-bond donors (Lipinski definition) is 2. The maximum absolute atomic E-state index is 12.1. The van der Waals surface area contributed by atoms with Gasteiger partial charge in [-0.3, -0.25) is 14.5 Å². The zero-order valence-electron chi connectivity index (χ0n) is 13.6. The van der Waals surface area contributed by atoms with Crippen molar-refractivity contribution >= 4 is 17.5 Å². The first-order valence-electron chi connectivity index (χ1n) is 8.12. The first-order valence-corrected chi connectivity index (χ1v) is 8.12. The van der Waals surface area contributed by atoms with Crippen LogP contribution in [0.25, 0.3) is 0 Å². The van der Waals surface area contributed by atoms with Gasteiger partial charge >= 0.3 is 0 Å². The Bertz CT molecular complexity index is 530. The summed E-state index contributed by atoms with van der Waals surface area (Å²) >= 11 is 0. The van der Waals surface area contributed by atoms with Crippen molar-refractivity contribution in [2.24, 2.45) is 5.73 Å². The standard InChI is InChI=1S/C17H25N3O3/c1-2-10-23-15-4-3-9-20(11-15)12-16(21)19-14-7-5-13(6-8-14)17(18)22/h5-8,15H,2-4,9-12H2,1H3,(H2,18,22)(H,19,21)/t15-/m1/s1. The normalized spacial score (nSPS) is 18.6. The van der Waals surface area contributed by atoms with Crippen molar-refractivity contribution in [1.29, 1.82) is 0 Å². The summed E-state index contributed by atoms with van der Waals surface area (Å²) in [5.74, 6) is -0.540. The van der Waals surface area contributed by atoms with Crippen LogP contribution in [0.1, 0.15) is 36.5 Å². The van der Waals surface area contributed by atoms with E-state index in [1.54, 1.807) is 24.3 Å². The fourth-order valence-corrected chi connectivity index (χ4v) is 2.70. The molecule has 1 heterocycles. The third-order valence-electron chi connectivity index (χ3n) is 3.84. The molecule has 1 aromatic rings. The minimum atomic E-state index is -0.477. The molecule has 0 radical (unpaired) electrons. The number of amides is 2. The summed E-state index contributed by atoms with van der Waals surface area (Å²) in [5.41, 5.74) is 6.28. The molecular weight excluding hydrogens is 294 g/mol. The monoisotopic (exact) mass is 319 g/mol. The molecule has 0 unspecified atom stereocenters. The van der Waals surface area contributed by atoms with Crippen molar-refractivity contribution in [3.05, 3.63) is 29.8 Å². The summed E-state index contributed by atoms with van der Waals surface area (Å²) in [7, 11) is 0. The Morgan fingerprint density at radius 2 is 2.09 bits per heavy atom. The molecule has 126 valence electrons. The third kappa shape index (κ3) is 5.65. The van der Waals surface area contributed by atoms with Crippen LogP contribution in [0.4, 0.5) is 5.69 Å². The van der Waals surface area contributed by atoms with Crippen LogP contribution >= 0.6 is 0 Å². The van der Waals surface area contributed by atoms with E-state index >= 15 is 0 Å². The SMILES string of the molecule is CCCO[C@@H]1CCCN(CC(=O)Nc2ccc(C(N)=O)cc2)C1. The zero-order chi connectivity index (χ0) is 16.7. The van der Waals surface area contributed by atoms with Gasteiger partial charge in [0.25, 0.3) is 0 Å². The molecule has 1 aliphatic heterocycles. The Morgan fingerprint density at radius 3 is 2.74 bits per heavy atom. The van der Waals surface area contributed by atoms with Gasteiger partial charge in [0.2, 0.25) is 11.8 Å². The molecule has 0 aromatic heterocycles. The van der Waals surface area contributed by atoms with E-state index in [4.69, 9.17) is 10.5 Å². The van der Waals surface area contributed by atoms with Gasteiger partial charge in [-0.2, -0.15) is 0 Å². The number of benzene rings is 1. The van der Waals surface area contributed by atoms with Crippen molar-refractivity contribution < 1.29 is 14.3 Å². The van der Waals surface area contributed by atoms with Gasteiger partial charge in [0.05, 0.1) is 12.6 Å². The lowest BCUT2D eigenvalue weighted by Gasteiger charge is -2.32. The van der Waals surface area contributed by atoms with E-state index in [1.807, 2.05) is 0 Å². The van der Waals surface area contributed by atoms with Crippen LogP contribution in [0.3, 0.4) is 0 Å². The first kappa shape index (κ1) is 17.4. The van der Waals surface area contributed by atoms with Crippen molar-refractivity contribution in [1.82, 2.24) is 4.90 Å². The molecule has 2 rings (SSSR count). The number of ether oxygens (including phenoxy) is 1. The third-order valence-corrected chi connectivity index (χ3v) is 3.84. The van der Waals surface area contributed by atoms with Crippen LogP contribution in [0, 0.1) is 0 Å². The Hall–Kier alpha value is -1.92. The molecule has 0 spiro atoms. The maximum atomic E-state index is 12.1. The Kier molecular flexibility index (Phi) is 6.55. The summed E-state index contributed by atoms with van der Waals surface area (Å²) in [5, 5.41) is 2.84. The van der Waals surface area contributed by atoms with E-state index in [0.717, 1.165) is 39.0 Å². The fraction of sp³-hybridized carbons (Fsp3) is 0.529. The molecule has 6 nitrogen and oxygen atoms in total. The van der Waals surface area contributed by atoms with Gasteiger partial charge in [-0.05, 0) is 50.1 Å². The number of primary amides is 1. The second kappa shape index (κ2) is 8.64. The lowest BCUT2D eigenvalue weighted by molar-refractivity contribution is -0.118. The summed E-state index contributed by atoms with van der Waals surface area (Å²) in [6.07, 6.45) is 3.35. The second-order valence-electron chi connectivity index (χ2n) is 5.86. The van der Waals surface area contributed by atoms with E-state index in [1.165, 1.54) is 0 Å². The number of hydrogen-bond acceptors (Lipinski definition) is 4. The van der Waals surface area contributed by atoms with Crippen LogP contribution in [0.15, 0.2) is 24.3 Å². The number of anilines is 1. The molecule has 23 heavy (non-hydrogen) atoms. The summed E-state index contributed by atoms with van der Waals surface area (Å²) in [6.45, 7) is 4.94. The van der Waals surface area contributed by atoms with Gasteiger partial charge in [0.15, 0.2) is 0 Å². The molecule has 1 atom stereocenters. The Balaban J connectivity index is 1.80. The lowest BCUT2D eigenvalue weighted by atomic mass is 10.1. The quantitative estimate of drug-likeness (QED) is 0.800. The van der Waals surface area contributed by atoms with Crippen molar-refractivity contribution in [2.75, 3.05) is 31.6 Å². The molecule has 0 aliphatic carbocycles. The van der Waals surface area contributed by atoms with Gasteiger partial charge in [-0.1, -0.05) is 6.92 Å². The second-order valence-corrected chi connectivity index (χ2v) is 5.86. The number of rotatable bonds is 7. The molecular formula is C17H25N3O3. The highest BCUT2D eigenvalue weighted by Crippen LogP contribution is 2.14. The molecule has 0 saturated carbocycles. The van der Waals surface area contributed by atoms with Crippen LogP contribution in [0.5, 0.6) is 0 Å². The number of nitrogens with two attached hydrogens (primary N) is 1. The first-order chi connectivity index (χ1) is 11.1. The van der Waals surface area contributed by atoms with Gasteiger partial charge in [-0.15, -0.1) is 0 Å². The van der Waals surface area contributed by atoms with E-state index in [0.29, 0.717) is 17.8 Å². The lowest BCUT2D eigenvalue weighted by Crippen LogP contribution is -2.43. The summed E-state index contributed by atoms with van der Waals surface area (Å²) in [6, 6.07) is 6.57. The highest BCUT2D eigenvalue weighted by Gasteiger charge is 2.21. The molecule has 1 saturated heterocycles. The molecule has 1 aromatic carbocycles. The smallest absolute Gasteiger partial charge is 0.248 e. The predicted octanol–water partition coefficient (Wildman–Crippen LogP) is 1.61. The summed E-state index contributed by atoms with van der Waals surface area (Å²) < 4.78 is 5.78. The summed E-state index contributed by atoms with van der Waals surface area (Å²) in [4.78, 5) is 25.3. The number of nitrogens with one attached hydrogen (secondary N) is 1. The van der Waals surface area contributed by atoms with E-state index in [-0.39, 0.29) is 12.0 Å². The van der Waals surface area contributed by atoms with Crippen LogP contribution < -0.4 is 11.1 Å². The van der Waals surface area contributed by atoms with Crippen molar-refractivity contribution in [2.45, 2.75) is 32.3 Å². The number of likely N-dealkylation sites (tertiary alicyclic amines) is 1. The molecule has 0 bridgehead atoms. The van der Waals surface area contributed by atoms with E-state index in [9.17, 15) is 9.59 Å². The van der Waals surface area contributed by atoms with Gasteiger partial charge in [0.1, 0.15) is 0 Å². The molecule has 1 fully saturated rings. The highest BCUT2D eigenvalue weighted by atomic mass is 16.5. The average molecular weight is 319 g/mol. The zero-order valence-corrected chi connectivity index (χ0v) is 13.6. The molecule has 6 heteroatoms. The van der Waals surface area contributed by atoms with Gasteiger partial charge in [0, 0.05) is 24.4 Å². The number of nitrogens with zero attached hydrogens (tertiary/aromatic N) is 1. The van der Waals surface area contributed by atoms with Crippen molar-refractivity contribution in [3.8, 4) is 0 Å². The largest absolute Gasteiger partial charge is 0.377 e. The van der Waals surface area contributed by atoms with Crippen LogP contribution in [0.2, 0.25) is 0 Å². The minimum absolute atomic E-state index is 0.0621. The molecule has 3 N–H and O–H groups in total. The molecule has 2 amide bonds. The van der Waals surface area contributed by atoms with Crippen molar-refractivity contribution in [3.63, 3.8) is 0 Å². The number of carbonyl (C=O) groups excluding carboxylic acids is 2. The van der Waals surface area contributed by atoms with E-state index in [2.05, 4.69) is 17.1 Å². The topological polar surface area (TPSA) is 84.7 Å². The van der Waals surface area contributed by atoms with Gasteiger partial charge < -0.3 is 15.8 Å². The Morgan fingerprint density at radius 1 is 1.35 bits per heavy atom. The predicted molar refractivity (Wildman–Crippen MR) is 89.3 cm³/mol. The number of carbonyl (C=O) groups is 2. The van der Waals surface area contributed by atoms with Gasteiger partial charge in [-0.25, -0.2) is 0 Å². The van der Waals surface area contributed by atoms with E-state index < -0.39 is 5.91 Å². The molecule has 1 aliphatic rings. The van der Waals surface area contributed by atoms with Crippen LogP contribution in [-0.2, 0) is 9.53 Å².